The quantitative estimate of drug-likeness (QED) is 0.458. The Kier molecular flexibility index (Phi) is 5.71. The molecule has 5 heteroatoms. The summed E-state index contributed by atoms with van der Waals surface area (Å²) in [7, 11) is 0. The number of carbonyl (C=O) groups is 2. The third-order valence-corrected chi connectivity index (χ3v) is 1.49. The lowest BCUT2D eigenvalue weighted by molar-refractivity contribution is -0.132. The van der Waals surface area contributed by atoms with Crippen LogP contribution in [0.4, 0.5) is 0 Å². The predicted molar refractivity (Wildman–Crippen MR) is 50.2 cm³/mol. The van der Waals surface area contributed by atoms with E-state index in [1.165, 1.54) is 11.9 Å². The van der Waals surface area contributed by atoms with Gasteiger partial charge in [-0.05, 0) is 6.92 Å². The van der Waals surface area contributed by atoms with Crippen LogP contribution in [0.2, 0.25) is 0 Å². The van der Waals surface area contributed by atoms with Gasteiger partial charge in [-0.1, -0.05) is 0 Å². The number of carbonyl (C=O) groups excluding carboxylic acids is 2. The molecule has 0 aliphatic rings. The van der Waals surface area contributed by atoms with Gasteiger partial charge in [0.1, 0.15) is 5.78 Å². The number of nitrogens with zero attached hydrogens (tertiary/aromatic N) is 2. The molecule has 0 saturated carbocycles. The second kappa shape index (κ2) is 6.30. The lowest BCUT2D eigenvalue weighted by Crippen LogP contribution is -2.30. The first-order valence-corrected chi connectivity index (χ1v) is 4.08. The predicted octanol–water partition coefficient (Wildman–Crippen LogP) is -0.242. The molecule has 0 aromatic carbocycles. The molecular weight excluding hydrogens is 170 g/mol. The summed E-state index contributed by atoms with van der Waals surface area (Å²) < 4.78 is 0. The third-order valence-electron chi connectivity index (χ3n) is 1.49. The highest BCUT2D eigenvalue weighted by Gasteiger charge is 2.10. The Bertz CT molecular complexity index is 204. The van der Waals surface area contributed by atoms with E-state index in [1.807, 2.05) is 0 Å². The van der Waals surface area contributed by atoms with Crippen molar-refractivity contribution in [2.75, 3.05) is 13.1 Å². The molecule has 0 saturated heterocycles. The van der Waals surface area contributed by atoms with Gasteiger partial charge in [0, 0.05) is 26.1 Å². The van der Waals surface area contributed by atoms with Gasteiger partial charge in [0.05, 0.1) is 6.54 Å². The van der Waals surface area contributed by atoms with Gasteiger partial charge in [-0.15, -0.1) is 0 Å². The van der Waals surface area contributed by atoms with Gasteiger partial charge >= 0.3 is 0 Å². The fourth-order valence-electron chi connectivity index (χ4n) is 0.809. The highest BCUT2D eigenvalue weighted by atomic mass is 16.2. The largest absolute Gasteiger partial charge is 0.329 e. The zero-order chi connectivity index (χ0) is 10.3. The lowest BCUT2D eigenvalue weighted by atomic mass is 10.2. The maximum atomic E-state index is 11.3. The monoisotopic (exact) mass is 185 g/mol. The van der Waals surface area contributed by atoms with Crippen molar-refractivity contribution < 1.29 is 9.59 Å². The van der Waals surface area contributed by atoms with E-state index >= 15 is 0 Å². The highest BCUT2D eigenvalue weighted by Crippen LogP contribution is 1.98. The van der Waals surface area contributed by atoms with Gasteiger partial charge in [-0.25, -0.2) is 5.01 Å². The van der Waals surface area contributed by atoms with E-state index in [0.29, 0.717) is 13.1 Å². The van der Waals surface area contributed by atoms with E-state index in [2.05, 4.69) is 11.8 Å². The van der Waals surface area contributed by atoms with Crippen molar-refractivity contribution in [3.63, 3.8) is 0 Å². The fourth-order valence-corrected chi connectivity index (χ4v) is 0.809. The molecule has 0 fully saturated rings. The van der Waals surface area contributed by atoms with Crippen molar-refractivity contribution in [2.45, 2.75) is 19.8 Å². The topological polar surface area (TPSA) is 75.8 Å². The van der Waals surface area contributed by atoms with E-state index in [4.69, 9.17) is 5.73 Å². The highest BCUT2D eigenvalue weighted by molar-refractivity contribution is 5.83. The molecule has 0 aromatic rings. The Morgan fingerprint density at radius 2 is 2.08 bits per heavy atom. The number of nitrogens with two attached hydrogens (primary N) is 1. The van der Waals surface area contributed by atoms with Crippen LogP contribution < -0.4 is 5.73 Å². The standard InChI is InChI=1S/C8H15N3O2/c1-7(12)3-4-8(13)11(10-2)6-5-9/h2-6,9H2,1H3. The van der Waals surface area contributed by atoms with Gasteiger partial charge in [-0.2, -0.15) is 5.10 Å². The molecule has 5 nitrogen and oxygen atoms in total. The first-order chi connectivity index (χ1) is 6.11. The summed E-state index contributed by atoms with van der Waals surface area (Å²) >= 11 is 0. The van der Waals surface area contributed by atoms with E-state index in [1.54, 1.807) is 0 Å². The van der Waals surface area contributed by atoms with Crippen molar-refractivity contribution in [3.8, 4) is 0 Å². The fraction of sp³-hybridized carbons (Fsp3) is 0.625. The van der Waals surface area contributed by atoms with E-state index in [-0.39, 0.29) is 24.5 Å². The molecule has 0 spiro atoms. The van der Waals surface area contributed by atoms with E-state index in [0.717, 1.165) is 0 Å². The van der Waals surface area contributed by atoms with Crippen LogP contribution in [0.3, 0.4) is 0 Å². The molecule has 0 aliphatic carbocycles. The molecule has 74 valence electrons. The molecular formula is C8H15N3O2. The lowest BCUT2D eigenvalue weighted by Gasteiger charge is -2.14. The molecule has 0 bridgehead atoms. The Morgan fingerprint density at radius 1 is 1.46 bits per heavy atom. The maximum absolute atomic E-state index is 11.3. The maximum Gasteiger partial charge on any atom is 0.243 e. The second-order valence-corrected chi connectivity index (χ2v) is 2.65. The van der Waals surface area contributed by atoms with Crippen LogP contribution in [0.25, 0.3) is 0 Å². The summed E-state index contributed by atoms with van der Waals surface area (Å²) in [5.41, 5.74) is 5.25. The zero-order valence-electron chi connectivity index (χ0n) is 7.82. The average Bonchev–Trinajstić information content (AvgIpc) is 2.10. The van der Waals surface area contributed by atoms with E-state index < -0.39 is 0 Å². The SMILES string of the molecule is C=NN(CCN)C(=O)CCC(C)=O. The minimum absolute atomic E-state index is 0.00916. The van der Waals surface area contributed by atoms with Crippen LogP contribution >= 0.6 is 0 Å². The first-order valence-electron chi connectivity index (χ1n) is 4.08. The zero-order valence-corrected chi connectivity index (χ0v) is 7.82. The number of hydrogen-bond donors (Lipinski definition) is 1. The normalized spacial score (nSPS) is 9.38. The molecule has 0 unspecified atom stereocenters. The number of rotatable bonds is 6. The minimum Gasteiger partial charge on any atom is -0.329 e. The number of hydrogen-bond acceptors (Lipinski definition) is 4. The van der Waals surface area contributed by atoms with Gasteiger partial charge < -0.3 is 10.5 Å². The summed E-state index contributed by atoms with van der Waals surface area (Å²) in [5.74, 6) is -0.222. The number of hydrazone groups is 1. The van der Waals surface area contributed by atoms with Crippen LogP contribution in [0.5, 0.6) is 0 Å². The van der Waals surface area contributed by atoms with Crippen LogP contribution in [0, 0.1) is 0 Å². The molecule has 0 atom stereocenters. The molecule has 2 N–H and O–H groups in total. The molecule has 1 amide bonds. The van der Waals surface area contributed by atoms with Crippen LogP contribution in [-0.4, -0.2) is 36.5 Å². The van der Waals surface area contributed by atoms with Crippen LogP contribution in [-0.2, 0) is 9.59 Å². The summed E-state index contributed by atoms with van der Waals surface area (Å²) in [4.78, 5) is 21.8. The van der Waals surface area contributed by atoms with E-state index in [9.17, 15) is 9.59 Å². The summed E-state index contributed by atoms with van der Waals surface area (Å²) in [6.45, 7) is 5.37. The summed E-state index contributed by atoms with van der Waals surface area (Å²) in [6, 6.07) is 0. The minimum atomic E-state index is -0.212. The number of Topliss-reactive ketones (excluding diaryl/α,β-unsaturated/α-hetero) is 1. The van der Waals surface area contributed by atoms with Crippen molar-refractivity contribution in [1.82, 2.24) is 5.01 Å². The number of amides is 1. The molecule has 0 heterocycles. The van der Waals surface area contributed by atoms with Gasteiger partial charge in [0.2, 0.25) is 5.91 Å². The second-order valence-electron chi connectivity index (χ2n) is 2.65. The molecule has 0 aliphatic heterocycles. The Balaban J connectivity index is 3.91. The molecule has 0 aromatic heterocycles. The Labute approximate surface area is 77.6 Å². The number of ketones is 1. The van der Waals surface area contributed by atoms with Crippen molar-refractivity contribution >= 4 is 18.4 Å². The molecule has 0 rings (SSSR count). The van der Waals surface area contributed by atoms with Crippen LogP contribution in [0.15, 0.2) is 5.10 Å². The molecule has 13 heavy (non-hydrogen) atoms. The van der Waals surface area contributed by atoms with Crippen molar-refractivity contribution in [1.29, 1.82) is 0 Å². The summed E-state index contributed by atoms with van der Waals surface area (Å²) in [5, 5.41) is 4.68. The summed E-state index contributed by atoms with van der Waals surface area (Å²) in [6.07, 6.45) is 0.420. The van der Waals surface area contributed by atoms with Crippen molar-refractivity contribution in [3.05, 3.63) is 0 Å². The average molecular weight is 185 g/mol. The Hall–Kier alpha value is -1.23. The van der Waals surface area contributed by atoms with Crippen molar-refractivity contribution in [2.24, 2.45) is 10.8 Å². The third kappa shape index (κ3) is 5.08. The smallest absolute Gasteiger partial charge is 0.243 e. The van der Waals surface area contributed by atoms with Gasteiger partial charge in [0.15, 0.2) is 0 Å². The Morgan fingerprint density at radius 3 is 2.46 bits per heavy atom. The van der Waals surface area contributed by atoms with Crippen LogP contribution in [0.1, 0.15) is 19.8 Å². The van der Waals surface area contributed by atoms with Gasteiger partial charge in [-0.3, -0.25) is 4.79 Å². The molecule has 0 radical (unpaired) electrons. The van der Waals surface area contributed by atoms with Gasteiger partial charge in [0.25, 0.3) is 0 Å². The first kappa shape index (κ1) is 11.8.